The fourth-order valence-electron chi connectivity index (χ4n) is 1.10. The summed E-state index contributed by atoms with van der Waals surface area (Å²) < 4.78 is 0. The van der Waals surface area contributed by atoms with Crippen molar-refractivity contribution < 1.29 is 14.8 Å². The van der Waals surface area contributed by atoms with Crippen molar-refractivity contribution in [2.24, 2.45) is 10.9 Å². The number of carbonyl (C=O) groups excluding carboxylic acids is 2. The van der Waals surface area contributed by atoms with Crippen LogP contribution in [0.4, 0.5) is 0 Å². The molecule has 7 nitrogen and oxygen atoms in total. The molecule has 0 bridgehead atoms. The Balaban J connectivity index is 4.27. The number of nitrogens with one attached hydrogen (secondary N) is 1. The Labute approximate surface area is 94.3 Å². The second kappa shape index (κ2) is 7.49. The Kier molecular flexibility index (Phi) is 6.66. The van der Waals surface area contributed by atoms with Crippen molar-refractivity contribution in [3.05, 3.63) is 0 Å². The molecule has 0 aromatic rings. The van der Waals surface area contributed by atoms with Crippen LogP contribution in [-0.4, -0.2) is 47.4 Å². The molecule has 0 aromatic heterocycles. The van der Waals surface area contributed by atoms with Gasteiger partial charge in [-0.2, -0.15) is 0 Å². The van der Waals surface area contributed by atoms with Gasteiger partial charge in [0.15, 0.2) is 0 Å². The maximum Gasteiger partial charge on any atom is 0.239 e. The van der Waals surface area contributed by atoms with Gasteiger partial charge in [0.1, 0.15) is 5.84 Å². The molecule has 7 heteroatoms. The molecule has 0 fully saturated rings. The number of hydrogen-bond donors (Lipinski definition) is 3. The van der Waals surface area contributed by atoms with Gasteiger partial charge in [0, 0.05) is 13.1 Å². The van der Waals surface area contributed by atoms with Gasteiger partial charge < -0.3 is 21.2 Å². The van der Waals surface area contributed by atoms with Gasteiger partial charge in [-0.3, -0.25) is 9.59 Å². The average Bonchev–Trinajstić information content (AvgIpc) is 2.25. The van der Waals surface area contributed by atoms with Crippen molar-refractivity contribution in [3.63, 3.8) is 0 Å². The zero-order valence-corrected chi connectivity index (χ0v) is 9.56. The van der Waals surface area contributed by atoms with Crippen LogP contribution in [0.3, 0.4) is 0 Å². The fourth-order valence-corrected chi connectivity index (χ4v) is 1.10. The van der Waals surface area contributed by atoms with Crippen molar-refractivity contribution in [2.75, 3.05) is 19.6 Å². The molecule has 0 rings (SSSR count). The third kappa shape index (κ3) is 5.18. The van der Waals surface area contributed by atoms with Crippen LogP contribution in [0.25, 0.3) is 0 Å². The number of carbonyl (C=O) groups is 2. The van der Waals surface area contributed by atoms with E-state index in [2.05, 4.69) is 10.5 Å². The van der Waals surface area contributed by atoms with E-state index in [9.17, 15) is 9.59 Å². The minimum Gasteiger partial charge on any atom is -0.409 e. The van der Waals surface area contributed by atoms with Crippen LogP contribution < -0.4 is 11.1 Å². The summed E-state index contributed by atoms with van der Waals surface area (Å²) in [5, 5.41) is 13.6. The SMILES string of the molecule is CCNC(=O)CN(CC)C(=O)CC(N)=NO. The van der Waals surface area contributed by atoms with Gasteiger partial charge in [0.2, 0.25) is 11.8 Å². The summed E-state index contributed by atoms with van der Waals surface area (Å²) in [5.74, 6) is -0.736. The van der Waals surface area contributed by atoms with E-state index in [1.165, 1.54) is 4.90 Å². The van der Waals surface area contributed by atoms with E-state index in [-0.39, 0.29) is 30.6 Å². The molecular formula is C9H18N4O3. The quantitative estimate of drug-likeness (QED) is 0.238. The van der Waals surface area contributed by atoms with Crippen molar-refractivity contribution in [2.45, 2.75) is 20.3 Å². The van der Waals surface area contributed by atoms with Crippen LogP contribution in [0.15, 0.2) is 5.16 Å². The van der Waals surface area contributed by atoms with Gasteiger partial charge in [-0.25, -0.2) is 0 Å². The number of likely N-dealkylation sites (N-methyl/N-ethyl adjacent to an activating group) is 2. The second-order valence-corrected chi connectivity index (χ2v) is 3.13. The molecule has 0 saturated carbocycles. The van der Waals surface area contributed by atoms with Gasteiger partial charge in [-0.1, -0.05) is 5.16 Å². The first-order valence-electron chi connectivity index (χ1n) is 5.06. The minimum absolute atomic E-state index is 0.0120. The highest BCUT2D eigenvalue weighted by molar-refractivity contribution is 5.99. The van der Waals surface area contributed by atoms with Crippen molar-refractivity contribution >= 4 is 17.6 Å². The Morgan fingerprint density at radius 3 is 2.50 bits per heavy atom. The lowest BCUT2D eigenvalue weighted by Gasteiger charge is -2.19. The average molecular weight is 230 g/mol. The number of hydrogen-bond acceptors (Lipinski definition) is 4. The summed E-state index contributed by atoms with van der Waals surface area (Å²) >= 11 is 0. The molecule has 92 valence electrons. The van der Waals surface area contributed by atoms with E-state index in [1.54, 1.807) is 13.8 Å². The van der Waals surface area contributed by atoms with E-state index < -0.39 is 0 Å². The molecule has 0 aliphatic carbocycles. The molecule has 16 heavy (non-hydrogen) atoms. The fraction of sp³-hybridized carbons (Fsp3) is 0.667. The third-order valence-corrected chi connectivity index (χ3v) is 1.90. The van der Waals surface area contributed by atoms with E-state index in [0.717, 1.165) is 0 Å². The number of oxime groups is 1. The second-order valence-electron chi connectivity index (χ2n) is 3.13. The highest BCUT2D eigenvalue weighted by Crippen LogP contribution is 1.94. The summed E-state index contributed by atoms with van der Waals surface area (Å²) in [4.78, 5) is 24.1. The molecule has 4 N–H and O–H groups in total. The normalized spacial score (nSPS) is 11.0. The molecule has 0 spiro atoms. The molecule has 0 heterocycles. The van der Waals surface area contributed by atoms with Crippen molar-refractivity contribution in [3.8, 4) is 0 Å². The van der Waals surface area contributed by atoms with Crippen LogP contribution in [0.1, 0.15) is 20.3 Å². The predicted octanol–water partition coefficient (Wildman–Crippen LogP) is -0.892. The number of nitrogens with two attached hydrogens (primary N) is 1. The van der Waals surface area contributed by atoms with E-state index in [1.807, 2.05) is 0 Å². The molecule has 0 saturated heterocycles. The number of amides is 2. The molecule has 0 radical (unpaired) electrons. The van der Waals surface area contributed by atoms with Crippen LogP contribution in [0.2, 0.25) is 0 Å². The molecule has 0 atom stereocenters. The lowest BCUT2D eigenvalue weighted by atomic mass is 10.3. The standard InChI is InChI=1S/C9H18N4O3/c1-3-11-8(14)6-13(4-2)9(15)5-7(10)12-16/h16H,3-6H2,1-2H3,(H2,10,12)(H,11,14). The Hall–Kier alpha value is -1.79. The van der Waals surface area contributed by atoms with Gasteiger partial charge in [-0.05, 0) is 13.8 Å². The number of amidine groups is 1. The topological polar surface area (TPSA) is 108 Å². The summed E-state index contributed by atoms with van der Waals surface area (Å²) in [5.41, 5.74) is 5.21. The van der Waals surface area contributed by atoms with Crippen molar-refractivity contribution in [1.82, 2.24) is 10.2 Å². The largest absolute Gasteiger partial charge is 0.409 e. The Bertz CT molecular complexity index is 278. The Morgan fingerprint density at radius 1 is 1.44 bits per heavy atom. The van der Waals surface area contributed by atoms with Crippen LogP contribution in [0.5, 0.6) is 0 Å². The van der Waals surface area contributed by atoms with Gasteiger partial charge in [0.05, 0.1) is 13.0 Å². The summed E-state index contributed by atoms with van der Waals surface area (Å²) in [6.07, 6.45) is -0.191. The Morgan fingerprint density at radius 2 is 2.06 bits per heavy atom. The summed E-state index contributed by atoms with van der Waals surface area (Å²) in [6.45, 7) is 4.46. The van der Waals surface area contributed by atoms with E-state index >= 15 is 0 Å². The minimum atomic E-state index is -0.343. The molecule has 0 aromatic carbocycles. The molecular weight excluding hydrogens is 212 g/mol. The zero-order valence-electron chi connectivity index (χ0n) is 9.56. The molecule has 0 aliphatic rings. The van der Waals surface area contributed by atoms with E-state index in [4.69, 9.17) is 10.9 Å². The zero-order chi connectivity index (χ0) is 12.6. The maximum absolute atomic E-state index is 11.6. The first kappa shape index (κ1) is 14.2. The maximum atomic E-state index is 11.6. The third-order valence-electron chi connectivity index (χ3n) is 1.90. The highest BCUT2D eigenvalue weighted by atomic mass is 16.4. The summed E-state index contributed by atoms with van der Waals surface area (Å²) in [7, 11) is 0. The smallest absolute Gasteiger partial charge is 0.239 e. The molecule has 0 aliphatic heterocycles. The monoisotopic (exact) mass is 230 g/mol. The summed E-state index contributed by atoms with van der Waals surface area (Å²) in [6, 6.07) is 0. The first-order valence-corrected chi connectivity index (χ1v) is 5.06. The van der Waals surface area contributed by atoms with Gasteiger partial charge in [-0.15, -0.1) is 0 Å². The lowest BCUT2D eigenvalue weighted by Crippen LogP contribution is -2.41. The number of rotatable bonds is 6. The lowest BCUT2D eigenvalue weighted by molar-refractivity contribution is -0.134. The van der Waals surface area contributed by atoms with Crippen LogP contribution in [0, 0.1) is 0 Å². The number of nitrogens with zero attached hydrogens (tertiary/aromatic N) is 2. The first-order chi connectivity index (χ1) is 7.54. The molecule has 0 unspecified atom stereocenters. The van der Waals surface area contributed by atoms with Crippen molar-refractivity contribution in [1.29, 1.82) is 0 Å². The van der Waals surface area contributed by atoms with Crippen LogP contribution in [-0.2, 0) is 9.59 Å². The van der Waals surface area contributed by atoms with Gasteiger partial charge in [0.25, 0.3) is 0 Å². The highest BCUT2D eigenvalue weighted by Gasteiger charge is 2.16. The predicted molar refractivity (Wildman–Crippen MR) is 59.0 cm³/mol. The van der Waals surface area contributed by atoms with E-state index in [0.29, 0.717) is 13.1 Å². The van der Waals surface area contributed by atoms with Crippen LogP contribution >= 0.6 is 0 Å². The van der Waals surface area contributed by atoms with Gasteiger partial charge >= 0.3 is 0 Å². The molecule has 2 amide bonds.